The first-order valence-corrected chi connectivity index (χ1v) is 6.33. The standard InChI is InChI=1S/C15H23NO2/c1-10(2)14(15(17)18-5)16-9-13-7-6-11(3)12(4)8-13/h6-8,10,14,16H,9H2,1-5H3/t14-/m0/s1. The zero-order chi connectivity index (χ0) is 13.7. The van der Waals surface area contributed by atoms with Crippen molar-refractivity contribution in [2.45, 2.75) is 40.3 Å². The van der Waals surface area contributed by atoms with E-state index in [2.05, 4.69) is 37.4 Å². The molecule has 0 unspecified atom stereocenters. The second-order valence-corrected chi connectivity index (χ2v) is 5.04. The van der Waals surface area contributed by atoms with Gasteiger partial charge in [-0.2, -0.15) is 0 Å². The minimum absolute atomic E-state index is 0.200. The van der Waals surface area contributed by atoms with E-state index in [0.717, 1.165) is 0 Å². The predicted octanol–water partition coefficient (Wildman–Crippen LogP) is 2.59. The summed E-state index contributed by atoms with van der Waals surface area (Å²) >= 11 is 0. The normalized spacial score (nSPS) is 12.6. The van der Waals surface area contributed by atoms with Crippen LogP contribution in [0.15, 0.2) is 18.2 Å². The smallest absolute Gasteiger partial charge is 0.323 e. The molecule has 0 aliphatic carbocycles. The number of carbonyl (C=O) groups is 1. The van der Waals surface area contributed by atoms with Crippen LogP contribution in [-0.2, 0) is 16.1 Å². The maximum absolute atomic E-state index is 11.6. The number of carbonyl (C=O) groups excluding carboxylic acids is 1. The van der Waals surface area contributed by atoms with Crippen LogP contribution in [0.1, 0.15) is 30.5 Å². The molecule has 0 spiro atoms. The number of methoxy groups -OCH3 is 1. The number of nitrogens with one attached hydrogen (secondary N) is 1. The monoisotopic (exact) mass is 249 g/mol. The van der Waals surface area contributed by atoms with E-state index >= 15 is 0 Å². The van der Waals surface area contributed by atoms with Crippen molar-refractivity contribution in [2.24, 2.45) is 5.92 Å². The molecule has 0 aliphatic heterocycles. The highest BCUT2D eigenvalue weighted by Crippen LogP contribution is 2.11. The highest BCUT2D eigenvalue weighted by molar-refractivity contribution is 5.75. The third-order valence-electron chi connectivity index (χ3n) is 3.22. The summed E-state index contributed by atoms with van der Waals surface area (Å²) in [7, 11) is 1.43. The molecule has 18 heavy (non-hydrogen) atoms. The average molecular weight is 249 g/mol. The Balaban J connectivity index is 2.67. The van der Waals surface area contributed by atoms with E-state index in [9.17, 15) is 4.79 Å². The first kappa shape index (κ1) is 14.7. The van der Waals surface area contributed by atoms with E-state index in [1.165, 1.54) is 23.8 Å². The van der Waals surface area contributed by atoms with E-state index < -0.39 is 0 Å². The highest BCUT2D eigenvalue weighted by Gasteiger charge is 2.21. The van der Waals surface area contributed by atoms with Crippen molar-refractivity contribution in [1.82, 2.24) is 5.32 Å². The quantitative estimate of drug-likeness (QED) is 0.815. The summed E-state index contributed by atoms with van der Waals surface area (Å²) in [5.41, 5.74) is 3.74. The lowest BCUT2D eigenvalue weighted by Gasteiger charge is -2.20. The summed E-state index contributed by atoms with van der Waals surface area (Å²) in [6, 6.07) is 6.09. The van der Waals surface area contributed by atoms with Crippen LogP contribution in [0.3, 0.4) is 0 Å². The molecule has 0 heterocycles. The minimum Gasteiger partial charge on any atom is -0.468 e. The summed E-state index contributed by atoms with van der Waals surface area (Å²) in [5, 5.41) is 3.26. The molecule has 100 valence electrons. The summed E-state index contributed by atoms with van der Waals surface area (Å²) in [6.45, 7) is 8.89. The topological polar surface area (TPSA) is 38.3 Å². The van der Waals surface area contributed by atoms with Crippen LogP contribution in [0.2, 0.25) is 0 Å². The maximum Gasteiger partial charge on any atom is 0.323 e. The Labute approximate surface area is 110 Å². The van der Waals surface area contributed by atoms with Gasteiger partial charge in [0, 0.05) is 6.54 Å². The molecule has 3 heteroatoms. The Morgan fingerprint density at radius 1 is 1.28 bits per heavy atom. The zero-order valence-corrected chi connectivity index (χ0v) is 11.9. The molecule has 0 radical (unpaired) electrons. The number of aryl methyl sites for hydroxylation is 2. The van der Waals surface area contributed by atoms with Gasteiger partial charge in [-0.25, -0.2) is 0 Å². The van der Waals surface area contributed by atoms with Crippen LogP contribution in [0.5, 0.6) is 0 Å². The third kappa shape index (κ3) is 3.84. The predicted molar refractivity (Wildman–Crippen MR) is 73.4 cm³/mol. The molecule has 1 rings (SSSR count). The number of hydrogen-bond donors (Lipinski definition) is 1. The van der Waals surface area contributed by atoms with Crippen molar-refractivity contribution < 1.29 is 9.53 Å². The Morgan fingerprint density at radius 3 is 2.44 bits per heavy atom. The lowest BCUT2D eigenvalue weighted by molar-refractivity contribution is -0.144. The first-order valence-electron chi connectivity index (χ1n) is 6.33. The maximum atomic E-state index is 11.6. The first-order chi connectivity index (χ1) is 8.45. The lowest BCUT2D eigenvalue weighted by atomic mass is 10.0. The van der Waals surface area contributed by atoms with Gasteiger partial charge in [0.15, 0.2) is 0 Å². The summed E-state index contributed by atoms with van der Waals surface area (Å²) in [4.78, 5) is 11.6. The fourth-order valence-electron chi connectivity index (χ4n) is 1.86. The van der Waals surface area contributed by atoms with Gasteiger partial charge in [0.25, 0.3) is 0 Å². The number of hydrogen-bond acceptors (Lipinski definition) is 3. The summed E-state index contributed by atoms with van der Waals surface area (Å²) in [5.74, 6) is 0.0119. The Kier molecular flexibility index (Phi) is 5.35. The van der Waals surface area contributed by atoms with Crippen molar-refractivity contribution in [2.75, 3.05) is 7.11 Å². The van der Waals surface area contributed by atoms with Gasteiger partial charge in [-0.05, 0) is 36.5 Å². The highest BCUT2D eigenvalue weighted by atomic mass is 16.5. The molecule has 1 atom stereocenters. The van der Waals surface area contributed by atoms with Crippen molar-refractivity contribution in [3.8, 4) is 0 Å². The van der Waals surface area contributed by atoms with Gasteiger partial charge in [0.2, 0.25) is 0 Å². The fraction of sp³-hybridized carbons (Fsp3) is 0.533. The van der Waals surface area contributed by atoms with Gasteiger partial charge in [-0.15, -0.1) is 0 Å². The molecule has 0 saturated carbocycles. The van der Waals surface area contributed by atoms with E-state index in [1.807, 2.05) is 13.8 Å². The van der Waals surface area contributed by atoms with Gasteiger partial charge in [0.05, 0.1) is 7.11 Å². The van der Waals surface area contributed by atoms with Crippen LogP contribution in [0.4, 0.5) is 0 Å². The van der Waals surface area contributed by atoms with Crippen molar-refractivity contribution >= 4 is 5.97 Å². The number of esters is 1. The van der Waals surface area contributed by atoms with Gasteiger partial charge >= 0.3 is 5.97 Å². The third-order valence-corrected chi connectivity index (χ3v) is 3.22. The van der Waals surface area contributed by atoms with Gasteiger partial charge in [-0.1, -0.05) is 32.0 Å². The van der Waals surface area contributed by atoms with E-state index in [0.29, 0.717) is 6.54 Å². The molecular formula is C15H23NO2. The van der Waals surface area contributed by atoms with Crippen molar-refractivity contribution in [1.29, 1.82) is 0 Å². The van der Waals surface area contributed by atoms with E-state index in [-0.39, 0.29) is 17.9 Å². The number of benzene rings is 1. The van der Waals surface area contributed by atoms with Gasteiger partial charge < -0.3 is 10.1 Å². The van der Waals surface area contributed by atoms with Gasteiger partial charge in [-0.3, -0.25) is 4.79 Å². The SMILES string of the molecule is COC(=O)[C@@H](NCc1ccc(C)c(C)c1)C(C)C. The Morgan fingerprint density at radius 2 is 1.94 bits per heavy atom. The van der Waals surface area contributed by atoms with Crippen molar-refractivity contribution in [3.05, 3.63) is 34.9 Å². The fourth-order valence-corrected chi connectivity index (χ4v) is 1.86. The van der Waals surface area contributed by atoms with E-state index in [1.54, 1.807) is 0 Å². The van der Waals surface area contributed by atoms with Gasteiger partial charge in [0.1, 0.15) is 6.04 Å². The second-order valence-electron chi connectivity index (χ2n) is 5.04. The van der Waals surface area contributed by atoms with Crippen molar-refractivity contribution in [3.63, 3.8) is 0 Å². The zero-order valence-electron chi connectivity index (χ0n) is 11.9. The molecule has 0 aromatic heterocycles. The van der Waals surface area contributed by atoms with E-state index in [4.69, 9.17) is 4.74 Å². The Bertz CT molecular complexity index is 413. The summed E-state index contributed by atoms with van der Waals surface area (Å²) < 4.78 is 4.80. The molecule has 1 aromatic rings. The van der Waals surface area contributed by atoms with Crippen LogP contribution < -0.4 is 5.32 Å². The molecular weight excluding hydrogens is 226 g/mol. The molecule has 1 aromatic carbocycles. The van der Waals surface area contributed by atoms with Crippen LogP contribution in [-0.4, -0.2) is 19.1 Å². The molecule has 1 N–H and O–H groups in total. The lowest BCUT2D eigenvalue weighted by Crippen LogP contribution is -2.41. The molecule has 0 fully saturated rings. The molecule has 0 saturated heterocycles. The molecule has 0 amide bonds. The number of ether oxygens (including phenoxy) is 1. The number of rotatable bonds is 5. The molecule has 3 nitrogen and oxygen atoms in total. The molecule has 0 aliphatic rings. The Hall–Kier alpha value is -1.35. The second kappa shape index (κ2) is 6.55. The average Bonchev–Trinajstić information content (AvgIpc) is 2.33. The van der Waals surface area contributed by atoms with Crippen LogP contribution in [0.25, 0.3) is 0 Å². The summed E-state index contributed by atoms with van der Waals surface area (Å²) in [6.07, 6.45) is 0. The largest absolute Gasteiger partial charge is 0.468 e. The van der Waals surface area contributed by atoms with Crippen LogP contribution in [0, 0.1) is 19.8 Å². The van der Waals surface area contributed by atoms with Crippen LogP contribution >= 0.6 is 0 Å². The molecule has 0 bridgehead atoms. The minimum atomic E-state index is -0.253.